The van der Waals surface area contributed by atoms with Gasteiger partial charge in [-0.2, -0.15) is 0 Å². The van der Waals surface area contributed by atoms with Gasteiger partial charge in [0.25, 0.3) is 5.78 Å². The van der Waals surface area contributed by atoms with Gasteiger partial charge < -0.3 is 35.2 Å². The SMILES string of the molecule is CC(C)OC(=O)C(=O)[C@H](Cc1ccccc1)NC(=O)[C@@H]1CCCN1C(=O)[C@@H](NC(=O)N1CCC(NCC(=O)OC(C)(C)C)CC1)C(C)C. The van der Waals surface area contributed by atoms with E-state index in [2.05, 4.69) is 16.0 Å². The van der Waals surface area contributed by atoms with E-state index in [1.54, 1.807) is 43.0 Å². The highest BCUT2D eigenvalue weighted by molar-refractivity contribution is 6.36. The van der Waals surface area contributed by atoms with Gasteiger partial charge >= 0.3 is 18.0 Å². The molecule has 2 fully saturated rings. The number of ketones is 1. The van der Waals surface area contributed by atoms with Crippen molar-refractivity contribution in [2.75, 3.05) is 26.2 Å². The van der Waals surface area contributed by atoms with Gasteiger partial charge in [-0.25, -0.2) is 9.59 Å². The average molecular weight is 672 g/mol. The summed E-state index contributed by atoms with van der Waals surface area (Å²) in [4.78, 5) is 81.6. The first kappa shape index (κ1) is 38.4. The Morgan fingerprint density at radius 3 is 2.12 bits per heavy atom. The van der Waals surface area contributed by atoms with Crippen LogP contribution in [0.4, 0.5) is 4.79 Å². The molecule has 13 heteroatoms. The van der Waals surface area contributed by atoms with Crippen molar-refractivity contribution in [2.45, 2.75) is 116 Å². The van der Waals surface area contributed by atoms with Crippen molar-refractivity contribution >= 4 is 35.6 Å². The number of Topliss-reactive ketones (excluding diaryl/α,β-unsaturated/α-hetero) is 1. The van der Waals surface area contributed by atoms with Gasteiger partial charge in [-0.15, -0.1) is 0 Å². The molecule has 3 rings (SSSR count). The van der Waals surface area contributed by atoms with Crippen LogP contribution in [0.5, 0.6) is 0 Å². The van der Waals surface area contributed by atoms with E-state index in [0.29, 0.717) is 45.3 Å². The zero-order valence-corrected chi connectivity index (χ0v) is 29.4. The Morgan fingerprint density at radius 2 is 1.54 bits per heavy atom. The van der Waals surface area contributed by atoms with Crippen LogP contribution in [0.3, 0.4) is 0 Å². The lowest BCUT2D eigenvalue weighted by atomic mass is 10.0. The van der Waals surface area contributed by atoms with Gasteiger partial charge in [0.15, 0.2) is 0 Å². The molecule has 2 heterocycles. The van der Waals surface area contributed by atoms with Crippen molar-refractivity contribution < 1.29 is 38.2 Å². The van der Waals surface area contributed by atoms with E-state index in [1.165, 1.54) is 4.90 Å². The zero-order valence-electron chi connectivity index (χ0n) is 29.4. The van der Waals surface area contributed by atoms with E-state index in [1.807, 2.05) is 40.7 Å². The number of amides is 4. The van der Waals surface area contributed by atoms with Crippen LogP contribution in [0, 0.1) is 5.92 Å². The number of hydrogen-bond donors (Lipinski definition) is 3. The van der Waals surface area contributed by atoms with Crippen LogP contribution in [-0.4, -0.2) is 107 Å². The number of benzene rings is 1. The number of nitrogens with one attached hydrogen (secondary N) is 3. The summed E-state index contributed by atoms with van der Waals surface area (Å²) in [5.74, 6) is -3.42. The molecule has 3 N–H and O–H groups in total. The van der Waals surface area contributed by atoms with Gasteiger partial charge in [0.05, 0.1) is 12.6 Å². The van der Waals surface area contributed by atoms with E-state index >= 15 is 0 Å². The summed E-state index contributed by atoms with van der Waals surface area (Å²) in [7, 11) is 0. The molecule has 0 aliphatic carbocycles. The summed E-state index contributed by atoms with van der Waals surface area (Å²) in [6, 6.07) is 5.78. The van der Waals surface area contributed by atoms with Crippen molar-refractivity contribution in [3.63, 3.8) is 0 Å². The van der Waals surface area contributed by atoms with Crippen LogP contribution >= 0.6 is 0 Å². The number of hydrogen-bond acceptors (Lipinski definition) is 9. The summed E-state index contributed by atoms with van der Waals surface area (Å²) in [5, 5.41) is 8.82. The second kappa shape index (κ2) is 17.4. The highest BCUT2D eigenvalue weighted by Crippen LogP contribution is 2.22. The first-order valence-electron chi connectivity index (χ1n) is 17.0. The van der Waals surface area contributed by atoms with Crippen LogP contribution in [0.15, 0.2) is 30.3 Å². The maximum absolute atomic E-state index is 13.9. The standard InChI is InChI=1S/C35H53N5O8/c1-22(2)29(38-34(46)39-18-15-25(16-19-39)36-21-28(41)48-35(5,6)7)32(44)40-17-11-14-27(40)31(43)37-26(20-24-12-9-8-10-13-24)30(42)33(45)47-23(3)4/h8-10,12-13,22-23,25-27,29,36H,11,14-21H2,1-7H3,(H,37,43)(H,38,46)/t26-,27-,29-/m0/s1. The summed E-state index contributed by atoms with van der Waals surface area (Å²) in [6.45, 7) is 13.7. The summed E-state index contributed by atoms with van der Waals surface area (Å²) < 4.78 is 10.5. The second-order valence-electron chi connectivity index (χ2n) is 14.2. The number of carbonyl (C=O) groups is 6. The molecule has 2 aliphatic heterocycles. The van der Waals surface area contributed by atoms with Gasteiger partial charge in [0.2, 0.25) is 11.8 Å². The number of esters is 2. The molecule has 1 aromatic rings. The minimum Gasteiger partial charge on any atom is -0.459 e. The molecule has 0 aromatic heterocycles. The Bertz CT molecular complexity index is 1290. The summed E-state index contributed by atoms with van der Waals surface area (Å²) >= 11 is 0. The Hall–Kier alpha value is -4.00. The molecule has 266 valence electrons. The Morgan fingerprint density at radius 1 is 0.896 bits per heavy atom. The zero-order chi connectivity index (χ0) is 35.6. The molecular weight excluding hydrogens is 618 g/mol. The number of piperidine rings is 1. The molecule has 1 aromatic carbocycles. The molecule has 0 spiro atoms. The third-order valence-electron chi connectivity index (χ3n) is 8.25. The molecule has 0 bridgehead atoms. The predicted octanol–water partition coefficient (Wildman–Crippen LogP) is 2.36. The summed E-state index contributed by atoms with van der Waals surface area (Å²) in [5.41, 5.74) is 0.189. The largest absolute Gasteiger partial charge is 0.459 e. The highest BCUT2D eigenvalue weighted by atomic mass is 16.6. The van der Waals surface area contributed by atoms with E-state index in [0.717, 1.165) is 5.56 Å². The molecule has 0 unspecified atom stereocenters. The van der Waals surface area contributed by atoms with Gasteiger partial charge in [0, 0.05) is 32.1 Å². The topological polar surface area (TPSA) is 163 Å². The molecule has 0 radical (unpaired) electrons. The lowest BCUT2D eigenvalue weighted by Gasteiger charge is -2.35. The molecule has 3 atom stereocenters. The van der Waals surface area contributed by atoms with Crippen molar-refractivity contribution in [3.8, 4) is 0 Å². The predicted molar refractivity (Wildman–Crippen MR) is 179 cm³/mol. The van der Waals surface area contributed by atoms with E-state index in [4.69, 9.17) is 9.47 Å². The Balaban J connectivity index is 1.62. The molecular formula is C35H53N5O8. The highest BCUT2D eigenvalue weighted by Gasteiger charge is 2.41. The number of likely N-dealkylation sites (tertiary alicyclic amines) is 2. The quantitative estimate of drug-likeness (QED) is 0.211. The normalized spacial score (nSPS) is 18.3. The van der Waals surface area contributed by atoms with Gasteiger partial charge in [-0.05, 0) is 71.8 Å². The lowest BCUT2D eigenvalue weighted by molar-refractivity contribution is -0.158. The summed E-state index contributed by atoms with van der Waals surface area (Å²) in [6.07, 6.45) is 1.79. The van der Waals surface area contributed by atoms with Gasteiger partial charge in [-0.1, -0.05) is 44.2 Å². The minimum absolute atomic E-state index is 0.0535. The fourth-order valence-electron chi connectivity index (χ4n) is 5.85. The van der Waals surface area contributed by atoms with Crippen molar-refractivity contribution in [3.05, 3.63) is 35.9 Å². The number of nitrogens with zero attached hydrogens (tertiary/aromatic N) is 2. The monoisotopic (exact) mass is 671 g/mol. The maximum Gasteiger partial charge on any atom is 0.377 e. The average Bonchev–Trinajstić information content (AvgIpc) is 3.51. The van der Waals surface area contributed by atoms with Crippen LogP contribution in [0.1, 0.15) is 79.7 Å². The Labute approximate surface area is 283 Å². The van der Waals surface area contributed by atoms with Crippen LogP contribution < -0.4 is 16.0 Å². The molecule has 2 aliphatic rings. The molecule has 13 nitrogen and oxygen atoms in total. The first-order valence-corrected chi connectivity index (χ1v) is 17.0. The van der Waals surface area contributed by atoms with E-state index in [-0.39, 0.29) is 42.8 Å². The molecule has 4 amide bonds. The van der Waals surface area contributed by atoms with Crippen molar-refractivity contribution in [2.24, 2.45) is 5.92 Å². The Kier molecular flexibility index (Phi) is 13.9. The maximum atomic E-state index is 13.9. The molecule has 48 heavy (non-hydrogen) atoms. The fraction of sp³-hybridized carbons (Fsp3) is 0.657. The van der Waals surface area contributed by atoms with Crippen molar-refractivity contribution in [1.82, 2.24) is 25.8 Å². The number of rotatable bonds is 13. The minimum atomic E-state index is -1.18. The van der Waals surface area contributed by atoms with Crippen LogP contribution in [0.25, 0.3) is 0 Å². The first-order chi connectivity index (χ1) is 22.6. The van der Waals surface area contributed by atoms with Crippen LogP contribution in [0.2, 0.25) is 0 Å². The smallest absolute Gasteiger partial charge is 0.377 e. The number of carbonyl (C=O) groups excluding carboxylic acids is 6. The van der Waals surface area contributed by atoms with E-state index in [9.17, 15) is 28.8 Å². The van der Waals surface area contributed by atoms with E-state index < -0.39 is 47.5 Å². The molecule has 0 saturated carbocycles. The number of urea groups is 1. The van der Waals surface area contributed by atoms with Crippen LogP contribution in [-0.2, 0) is 39.9 Å². The van der Waals surface area contributed by atoms with Gasteiger partial charge in [-0.3, -0.25) is 19.2 Å². The third-order valence-corrected chi connectivity index (χ3v) is 8.25. The van der Waals surface area contributed by atoms with Gasteiger partial charge in [0.1, 0.15) is 23.7 Å². The molecule has 2 saturated heterocycles. The fourth-order valence-corrected chi connectivity index (χ4v) is 5.85. The van der Waals surface area contributed by atoms with Crippen molar-refractivity contribution in [1.29, 1.82) is 0 Å². The lowest BCUT2D eigenvalue weighted by Crippen LogP contribution is -2.59. The number of ether oxygens (including phenoxy) is 2. The third kappa shape index (κ3) is 11.6. The second-order valence-corrected chi connectivity index (χ2v) is 14.2.